The van der Waals surface area contributed by atoms with Crippen LogP contribution in [-0.2, 0) is 0 Å². The fourth-order valence-electron chi connectivity index (χ4n) is 1.43. The zero-order chi connectivity index (χ0) is 15.4. The Kier molecular flexibility index (Phi) is 3.71. The number of rotatable bonds is 4. The maximum absolute atomic E-state index is 10.9. The average Bonchev–Trinajstić information content (AvgIpc) is 2.47. The molecule has 0 fully saturated rings. The lowest BCUT2D eigenvalue weighted by molar-refractivity contribution is -0.385. The van der Waals surface area contributed by atoms with Gasteiger partial charge < -0.3 is 9.84 Å². The van der Waals surface area contributed by atoms with Crippen molar-refractivity contribution in [1.29, 1.82) is 5.26 Å². The van der Waals surface area contributed by atoms with Crippen LogP contribution in [0.15, 0.2) is 30.5 Å². The fourth-order valence-corrected chi connectivity index (χ4v) is 1.43. The Balaban J connectivity index is 2.45. The smallest absolute Gasteiger partial charge is 0.335 e. The van der Waals surface area contributed by atoms with E-state index in [1.54, 1.807) is 6.07 Å². The quantitative estimate of drug-likeness (QED) is 0.662. The molecule has 2 rings (SSSR count). The predicted molar refractivity (Wildman–Crippen MR) is 66.9 cm³/mol. The number of benzene rings is 1. The van der Waals surface area contributed by atoms with Crippen molar-refractivity contribution in [2.24, 2.45) is 0 Å². The lowest BCUT2D eigenvalue weighted by Gasteiger charge is -2.05. The van der Waals surface area contributed by atoms with E-state index in [-0.39, 0.29) is 23.0 Å². The molecule has 1 N–H and O–H groups in total. The molecule has 21 heavy (non-hydrogen) atoms. The molecule has 0 radical (unpaired) electrons. The fraction of sp³-hybridized carbons (Fsp3) is 0. The van der Waals surface area contributed by atoms with E-state index in [2.05, 4.69) is 9.97 Å². The highest BCUT2D eigenvalue weighted by Crippen LogP contribution is 2.30. The highest BCUT2D eigenvalue weighted by Gasteiger charge is 2.19. The van der Waals surface area contributed by atoms with Gasteiger partial charge in [-0.05, 0) is 12.1 Å². The third kappa shape index (κ3) is 3.07. The Morgan fingerprint density at radius 1 is 1.43 bits per heavy atom. The molecule has 1 heterocycles. The summed E-state index contributed by atoms with van der Waals surface area (Å²) in [7, 11) is 0. The minimum absolute atomic E-state index is 0.0112. The van der Waals surface area contributed by atoms with Crippen LogP contribution in [0.3, 0.4) is 0 Å². The summed E-state index contributed by atoms with van der Waals surface area (Å²) in [5.41, 5.74) is -0.616. The molecule has 2 aromatic rings. The van der Waals surface area contributed by atoms with E-state index in [1.807, 2.05) is 0 Å². The van der Waals surface area contributed by atoms with E-state index in [4.69, 9.17) is 15.1 Å². The molecule has 1 aromatic heterocycles. The van der Waals surface area contributed by atoms with Crippen molar-refractivity contribution in [3.05, 3.63) is 51.8 Å². The van der Waals surface area contributed by atoms with Crippen LogP contribution in [-0.4, -0.2) is 26.0 Å². The minimum Gasteiger partial charge on any atom is -0.478 e. The molecule has 0 aliphatic heterocycles. The molecule has 0 unspecified atom stereocenters. The molecule has 1 aromatic carbocycles. The number of carbonyl (C=O) groups is 1. The Morgan fingerprint density at radius 2 is 2.19 bits per heavy atom. The number of nitrogens with zero attached hydrogens (tertiary/aromatic N) is 4. The Hall–Kier alpha value is -3.54. The average molecular weight is 286 g/mol. The largest absolute Gasteiger partial charge is 0.478 e. The van der Waals surface area contributed by atoms with Crippen LogP contribution in [0.2, 0.25) is 0 Å². The zero-order valence-corrected chi connectivity index (χ0v) is 10.3. The number of ether oxygens (including phenoxy) is 1. The number of aromatic nitrogens is 2. The monoisotopic (exact) mass is 286 g/mol. The van der Waals surface area contributed by atoms with E-state index < -0.39 is 16.6 Å². The second kappa shape index (κ2) is 5.62. The summed E-state index contributed by atoms with van der Waals surface area (Å²) in [4.78, 5) is 28.5. The normalized spacial score (nSPS) is 9.67. The number of nitro benzene ring substituents is 1. The summed E-state index contributed by atoms with van der Waals surface area (Å²) in [6.45, 7) is 0. The summed E-state index contributed by atoms with van der Waals surface area (Å²) in [5.74, 6) is -1.59. The van der Waals surface area contributed by atoms with Crippen molar-refractivity contribution < 1.29 is 19.6 Å². The molecular weight excluding hydrogens is 280 g/mol. The Bertz CT molecular complexity index is 768. The van der Waals surface area contributed by atoms with Gasteiger partial charge in [0.15, 0.2) is 0 Å². The number of hydrogen-bond donors (Lipinski definition) is 1. The highest BCUT2D eigenvalue weighted by molar-refractivity contribution is 5.88. The molecule has 0 aliphatic rings. The third-order valence-electron chi connectivity index (χ3n) is 2.35. The van der Waals surface area contributed by atoms with Gasteiger partial charge in [0.2, 0.25) is 5.75 Å². The van der Waals surface area contributed by atoms with E-state index in [9.17, 15) is 14.9 Å². The Morgan fingerprint density at radius 3 is 2.81 bits per heavy atom. The number of carboxylic acid groups (broad SMARTS) is 1. The molecule has 0 bridgehead atoms. The molecule has 0 saturated carbocycles. The lowest BCUT2D eigenvalue weighted by Crippen LogP contribution is -2.01. The molecule has 0 spiro atoms. The van der Waals surface area contributed by atoms with E-state index in [0.717, 1.165) is 18.2 Å². The number of hydrogen-bond acceptors (Lipinski definition) is 7. The van der Waals surface area contributed by atoms with Crippen molar-refractivity contribution >= 4 is 11.7 Å². The van der Waals surface area contributed by atoms with Gasteiger partial charge in [0.1, 0.15) is 11.8 Å². The zero-order valence-electron chi connectivity index (χ0n) is 10.3. The molecule has 9 nitrogen and oxygen atoms in total. The van der Waals surface area contributed by atoms with Gasteiger partial charge in [0.25, 0.3) is 0 Å². The molecule has 9 heteroatoms. The first-order chi connectivity index (χ1) is 10.0. The van der Waals surface area contributed by atoms with Gasteiger partial charge in [-0.1, -0.05) is 0 Å². The number of carboxylic acids is 1. The predicted octanol–water partition coefficient (Wildman–Crippen LogP) is 1.75. The van der Waals surface area contributed by atoms with Gasteiger partial charge in [-0.15, -0.1) is 0 Å². The maximum Gasteiger partial charge on any atom is 0.335 e. The van der Waals surface area contributed by atoms with Gasteiger partial charge in [-0.2, -0.15) is 10.2 Å². The van der Waals surface area contributed by atoms with Gasteiger partial charge in [0.05, 0.1) is 10.5 Å². The minimum atomic E-state index is -1.26. The first-order valence-corrected chi connectivity index (χ1v) is 5.44. The van der Waals surface area contributed by atoms with E-state index in [0.29, 0.717) is 0 Å². The van der Waals surface area contributed by atoms with Gasteiger partial charge in [0, 0.05) is 18.3 Å². The van der Waals surface area contributed by atoms with Crippen LogP contribution < -0.4 is 4.74 Å². The third-order valence-corrected chi connectivity index (χ3v) is 2.35. The lowest BCUT2D eigenvalue weighted by atomic mass is 10.2. The molecule has 104 valence electrons. The van der Waals surface area contributed by atoms with Gasteiger partial charge in [-0.25, -0.2) is 9.78 Å². The van der Waals surface area contributed by atoms with Crippen molar-refractivity contribution in [2.45, 2.75) is 0 Å². The van der Waals surface area contributed by atoms with E-state index in [1.165, 1.54) is 12.3 Å². The SMILES string of the molecule is N#Cc1ccnc(Oc2cc(C(=O)O)ccc2[N+](=O)[O-])n1. The molecule has 0 amide bonds. The van der Waals surface area contributed by atoms with Crippen LogP contribution in [0.25, 0.3) is 0 Å². The first-order valence-electron chi connectivity index (χ1n) is 5.44. The van der Waals surface area contributed by atoms with Crippen molar-refractivity contribution in [1.82, 2.24) is 9.97 Å². The van der Waals surface area contributed by atoms with Crippen molar-refractivity contribution in [2.75, 3.05) is 0 Å². The van der Waals surface area contributed by atoms with E-state index >= 15 is 0 Å². The van der Waals surface area contributed by atoms with Gasteiger partial charge >= 0.3 is 17.7 Å². The highest BCUT2D eigenvalue weighted by atomic mass is 16.6. The summed E-state index contributed by atoms with van der Waals surface area (Å²) >= 11 is 0. The topological polar surface area (TPSA) is 139 Å². The van der Waals surface area contributed by atoms with Crippen molar-refractivity contribution in [3.8, 4) is 17.8 Å². The number of aromatic carboxylic acids is 1. The van der Waals surface area contributed by atoms with Crippen molar-refractivity contribution in [3.63, 3.8) is 0 Å². The molecular formula is C12H6N4O5. The summed E-state index contributed by atoms with van der Waals surface area (Å²) in [5, 5.41) is 28.5. The Labute approximate surface area is 117 Å². The second-order valence-corrected chi connectivity index (χ2v) is 3.68. The molecule has 0 saturated heterocycles. The summed E-state index contributed by atoms with van der Waals surface area (Å²) in [6.07, 6.45) is 1.24. The van der Waals surface area contributed by atoms with Crippen LogP contribution in [0, 0.1) is 21.4 Å². The van der Waals surface area contributed by atoms with Crippen LogP contribution in [0.4, 0.5) is 5.69 Å². The van der Waals surface area contributed by atoms with Crippen LogP contribution in [0.5, 0.6) is 11.8 Å². The van der Waals surface area contributed by atoms with Crippen LogP contribution >= 0.6 is 0 Å². The standard InChI is InChI=1S/C12H6N4O5/c13-6-8-3-4-14-12(15-8)21-10-5-7(11(17)18)1-2-9(10)16(19)20/h1-5H,(H,17,18). The number of nitro groups is 1. The molecule has 0 atom stereocenters. The van der Waals surface area contributed by atoms with Gasteiger partial charge in [-0.3, -0.25) is 10.1 Å². The summed E-state index contributed by atoms with van der Waals surface area (Å²) < 4.78 is 5.13. The maximum atomic E-state index is 10.9. The molecule has 0 aliphatic carbocycles. The second-order valence-electron chi connectivity index (χ2n) is 3.68. The number of nitriles is 1. The first kappa shape index (κ1) is 13.9. The summed E-state index contributed by atoms with van der Waals surface area (Å²) in [6, 6.07) is 5.88. The van der Waals surface area contributed by atoms with Crippen LogP contribution in [0.1, 0.15) is 16.1 Å².